The molecule has 0 atom stereocenters. The maximum absolute atomic E-state index is 10.8. The van der Waals surface area contributed by atoms with Crippen LogP contribution in [0.15, 0.2) is 11.1 Å². The van der Waals surface area contributed by atoms with Gasteiger partial charge in [-0.05, 0) is 6.92 Å². The van der Waals surface area contributed by atoms with Crippen LogP contribution in [0.1, 0.15) is 6.92 Å². The third kappa shape index (κ3) is 2.84. The first-order chi connectivity index (χ1) is 5.33. The summed E-state index contributed by atoms with van der Waals surface area (Å²) in [6, 6.07) is 0. The second kappa shape index (κ2) is 4.28. The lowest BCUT2D eigenvalue weighted by molar-refractivity contribution is -0.137. The Morgan fingerprint density at radius 1 is 1.91 bits per heavy atom. The minimum absolute atomic E-state index is 0.260. The lowest BCUT2D eigenvalue weighted by atomic mass is 10.6. The number of nitrogens with one attached hydrogen (secondary N) is 1. The molecule has 62 valence electrons. The summed E-state index contributed by atoms with van der Waals surface area (Å²) < 4.78 is 4.74. The molecule has 4 heteroatoms. The molecule has 0 unspecified atom stereocenters. The van der Waals surface area contributed by atoms with E-state index in [1.165, 1.54) is 6.08 Å². The molecule has 0 radical (unpaired) electrons. The van der Waals surface area contributed by atoms with Crippen LogP contribution in [-0.2, 0) is 9.53 Å². The van der Waals surface area contributed by atoms with E-state index in [1.807, 2.05) is 0 Å². The average molecular weight is 173 g/mol. The molecule has 3 nitrogen and oxygen atoms in total. The Balaban J connectivity index is 2.36. The third-order valence-corrected chi connectivity index (χ3v) is 2.18. The highest BCUT2D eigenvalue weighted by Crippen LogP contribution is 2.16. The summed E-state index contributed by atoms with van der Waals surface area (Å²) in [5, 5.41) is 3.99. The van der Waals surface area contributed by atoms with Crippen LogP contribution in [0.25, 0.3) is 0 Å². The van der Waals surface area contributed by atoms with E-state index < -0.39 is 0 Å². The fourth-order valence-corrected chi connectivity index (χ4v) is 1.58. The van der Waals surface area contributed by atoms with Crippen molar-refractivity contribution in [1.82, 2.24) is 5.32 Å². The van der Waals surface area contributed by atoms with Gasteiger partial charge in [-0.25, -0.2) is 4.79 Å². The summed E-state index contributed by atoms with van der Waals surface area (Å²) in [7, 11) is 0. The Hall–Kier alpha value is -0.640. The van der Waals surface area contributed by atoms with Gasteiger partial charge in [0, 0.05) is 12.3 Å². The van der Waals surface area contributed by atoms with Crippen molar-refractivity contribution in [3.8, 4) is 0 Å². The van der Waals surface area contributed by atoms with Crippen LogP contribution in [0.5, 0.6) is 0 Å². The van der Waals surface area contributed by atoms with Gasteiger partial charge in [0.15, 0.2) is 0 Å². The summed E-state index contributed by atoms with van der Waals surface area (Å²) in [6.07, 6.45) is 1.50. The molecule has 1 heterocycles. The number of thioether (sulfide) groups is 1. The fraction of sp³-hybridized carbons (Fsp3) is 0.571. The summed E-state index contributed by atoms with van der Waals surface area (Å²) in [4.78, 5) is 10.8. The molecule has 0 aromatic carbocycles. The van der Waals surface area contributed by atoms with Crippen LogP contribution in [-0.4, -0.2) is 24.9 Å². The Morgan fingerprint density at radius 2 is 2.73 bits per heavy atom. The van der Waals surface area contributed by atoms with E-state index in [2.05, 4.69) is 5.32 Å². The standard InChI is InChI=1S/C7H11NO2S/c1-2-10-7(9)5-6-8-3-4-11-6/h5,8H,2-4H2,1H3. The van der Waals surface area contributed by atoms with Gasteiger partial charge in [-0.15, -0.1) is 11.8 Å². The van der Waals surface area contributed by atoms with E-state index in [9.17, 15) is 4.79 Å². The number of carbonyl (C=O) groups excluding carboxylic acids is 1. The van der Waals surface area contributed by atoms with Gasteiger partial charge in [-0.1, -0.05) is 0 Å². The van der Waals surface area contributed by atoms with Crippen molar-refractivity contribution in [2.75, 3.05) is 18.9 Å². The Bertz CT molecular complexity index is 171. The molecule has 1 N–H and O–H groups in total. The van der Waals surface area contributed by atoms with E-state index in [0.29, 0.717) is 6.61 Å². The first kappa shape index (κ1) is 8.46. The van der Waals surface area contributed by atoms with E-state index >= 15 is 0 Å². The molecule has 0 spiro atoms. The van der Waals surface area contributed by atoms with E-state index in [-0.39, 0.29) is 5.97 Å². The van der Waals surface area contributed by atoms with Gasteiger partial charge >= 0.3 is 5.97 Å². The molecular weight excluding hydrogens is 162 g/mol. The van der Waals surface area contributed by atoms with Crippen LogP contribution < -0.4 is 5.32 Å². The number of hydrogen-bond donors (Lipinski definition) is 1. The molecule has 1 rings (SSSR count). The average Bonchev–Trinajstić information content (AvgIpc) is 2.40. The van der Waals surface area contributed by atoms with Gasteiger partial charge in [0.05, 0.1) is 17.7 Å². The number of ether oxygens (including phenoxy) is 1. The van der Waals surface area contributed by atoms with Crippen molar-refractivity contribution in [3.05, 3.63) is 11.1 Å². The SMILES string of the molecule is CCOC(=O)C=C1NCCS1. The number of esters is 1. The zero-order valence-corrected chi connectivity index (χ0v) is 7.24. The molecule has 11 heavy (non-hydrogen) atoms. The number of rotatable bonds is 2. The zero-order chi connectivity index (χ0) is 8.10. The molecule has 0 aliphatic carbocycles. The van der Waals surface area contributed by atoms with Crippen LogP contribution >= 0.6 is 11.8 Å². The molecule has 0 aromatic rings. The van der Waals surface area contributed by atoms with E-state index in [1.54, 1.807) is 18.7 Å². The highest BCUT2D eigenvalue weighted by molar-refractivity contribution is 8.03. The van der Waals surface area contributed by atoms with Crippen LogP contribution in [0, 0.1) is 0 Å². The van der Waals surface area contributed by atoms with Gasteiger partial charge < -0.3 is 10.1 Å². The summed E-state index contributed by atoms with van der Waals surface area (Å²) in [5.74, 6) is 0.773. The first-order valence-electron chi connectivity index (χ1n) is 3.58. The van der Waals surface area contributed by atoms with Crippen LogP contribution in [0.2, 0.25) is 0 Å². The summed E-state index contributed by atoms with van der Waals surface area (Å²) in [5.41, 5.74) is 0. The van der Waals surface area contributed by atoms with Crippen molar-refractivity contribution in [3.63, 3.8) is 0 Å². The van der Waals surface area contributed by atoms with Crippen molar-refractivity contribution in [2.45, 2.75) is 6.92 Å². The Morgan fingerprint density at radius 3 is 3.27 bits per heavy atom. The minimum Gasteiger partial charge on any atom is -0.463 e. The second-order valence-corrected chi connectivity index (χ2v) is 3.17. The highest BCUT2D eigenvalue weighted by Gasteiger charge is 2.07. The highest BCUT2D eigenvalue weighted by atomic mass is 32.2. The zero-order valence-electron chi connectivity index (χ0n) is 6.42. The summed E-state index contributed by atoms with van der Waals surface area (Å²) in [6.45, 7) is 3.18. The van der Waals surface area contributed by atoms with Gasteiger partial charge in [0.25, 0.3) is 0 Å². The molecule has 0 amide bonds. The molecule has 1 aliphatic heterocycles. The van der Waals surface area contributed by atoms with Crippen LogP contribution in [0.4, 0.5) is 0 Å². The summed E-state index contributed by atoms with van der Waals surface area (Å²) >= 11 is 1.65. The lowest BCUT2D eigenvalue weighted by Crippen LogP contribution is -2.07. The smallest absolute Gasteiger partial charge is 0.333 e. The van der Waals surface area contributed by atoms with Crippen LogP contribution in [0.3, 0.4) is 0 Å². The van der Waals surface area contributed by atoms with Crippen molar-refractivity contribution >= 4 is 17.7 Å². The molecule has 1 fully saturated rings. The Labute approximate surface area is 70.2 Å². The third-order valence-electron chi connectivity index (χ3n) is 1.19. The van der Waals surface area contributed by atoms with Gasteiger partial charge in [-0.3, -0.25) is 0 Å². The van der Waals surface area contributed by atoms with Crippen molar-refractivity contribution in [2.24, 2.45) is 0 Å². The predicted molar refractivity (Wildman–Crippen MR) is 45.2 cm³/mol. The maximum Gasteiger partial charge on any atom is 0.333 e. The quantitative estimate of drug-likeness (QED) is 0.493. The van der Waals surface area contributed by atoms with Gasteiger partial charge in [0.1, 0.15) is 0 Å². The van der Waals surface area contributed by atoms with Crippen molar-refractivity contribution in [1.29, 1.82) is 0 Å². The normalized spacial score (nSPS) is 19.9. The molecule has 0 bridgehead atoms. The topological polar surface area (TPSA) is 38.3 Å². The monoisotopic (exact) mass is 173 g/mol. The first-order valence-corrected chi connectivity index (χ1v) is 4.56. The number of hydrogen-bond acceptors (Lipinski definition) is 4. The molecule has 0 aromatic heterocycles. The van der Waals surface area contributed by atoms with Crippen molar-refractivity contribution < 1.29 is 9.53 Å². The lowest BCUT2D eigenvalue weighted by Gasteiger charge is -1.97. The molecule has 1 saturated heterocycles. The number of carbonyl (C=O) groups is 1. The minimum atomic E-state index is -0.260. The molecule has 1 aliphatic rings. The second-order valence-electron chi connectivity index (χ2n) is 2.04. The largest absolute Gasteiger partial charge is 0.463 e. The predicted octanol–water partition coefficient (Wildman–Crippen LogP) is 0.727. The van der Waals surface area contributed by atoms with Gasteiger partial charge in [0.2, 0.25) is 0 Å². The fourth-order valence-electron chi connectivity index (χ4n) is 0.770. The van der Waals surface area contributed by atoms with E-state index in [4.69, 9.17) is 4.74 Å². The molecular formula is C7H11NO2S. The Kier molecular flexibility index (Phi) is 3.29. The maximum atomic E-state index is 10.8. The van der Waals surface area contributed by atoms with E-state index in [0.717, 1.165) is 17.3 Å². The molecule has 0 saturated carbocycles. The van der Waals surface area contributed by atoms with Gasteiger partial charge in [-0.2, -0.15) is 0 Å².